The number of aromatic hydroxyl groups is 1. The van der Waals surface area contributed by atoms with Crippen LogP contribution in [0.2, 0.25) is 0 Å². The van der Waals surface area contributed by atoms with E-state index in [4.69, 9.17) is 9.84 Å². The van der Waals surface area contributed by atoms with Crippen molar-refractivity contribution in [2.45, 2.75) is 19.1 Å². The van der Waals surface area contributed by atoms with E-state index in [1.165, 1.54) is 6.07 Å². The molecular formula is C17H17NO5. The summed E-state index contributed by atoms with van der Waals surface area (Å²) < 4.78 is 5.08. The minimum atomic E-state index is -1.10. The zero-order valence-electron chi connectivity index (χ0n) is 12.3. The summed E-state index contributed by atoms with van der Waals surface area (Å²) in [5.41, 5.74) is 1.14. The fourth-order valence-electron chi connectivity index (χ4n) is 2.10. The average Bonchev–Trinajstić information content (AvgIpc) is 2.53. The Morgan fingerprint density at radius 3 is 2.35 bits per heavy atom. The number of phenolic OH excluding ortho intramolecular Hbond substituents is 1. The topological polar surface area (TPSA) is 95.9 Å². The summed E-state index contributed by atoms with van der Waals surface area (Å²) in [7, 11) is 0. The van der Waals surface area contributed by atoms with Gasteiger partial charge < -0.3 is 20.3 Å². The molecule has 0 aliphatic carbocycles. The molecule has 0 bridgehead atoms. The van der Waals surface area contributed by atoms with Crippen LogP contribution in [0.1, 0.15) is 23.6 Å². The summed E-state index contributed by atoms with van der Waals surface area (Å²) in [6.07, 6.45) is -1.11. The van der Waals surface area contributed by atoms with Crippen molar-refractivity contribution in [2.24, 2.45) is 0 Å². The number of aliphatic carboxylic acids is 1. The van der Waals surface area contributed by atoms with Gasteiger partial charge in [-0.3, -0.25) is 4.79 Å². The number of hydrogen-bond acceptors (Lipinski definition) is 4. The molecule has 2 rings (SSSR count). The highest BCUT2D eigenvalue weighted by atomic mass is 16.5. The van der Waals surface area contributed by atoms with Gasteiger partial charge in [0.1, 0.15) is 12.4 Å². The predicted molar refractivity (Wildman–Crippen MR) is 82.9 cm³/mol. The molecule has 0 aromatic heterocycles. The molecule has 1 atom stereocenters. The van der Waals surface area contributed by atoms with E-state index in [1.54, 1.807) is 18.2 Å². The average molecular weight is 315 g/mol. The molecule has 0 fully saturated rings. The molecule has 0 saturated carbocycles. The van der Waals surface area contributed by atoms with Crippen molar-refractivity contribution < 1.29 is 24.5 Å². The van der Waals surface area contributed by atoms with E-state index in [2.05, 4.69) is 5.32 Å². The second kappa shape index (κ2) is 7.84. The Morgan fingerprint density at radius 2 is 1.70 bits per heavy atom. The summed E-state index contributed by atoms with van der Waals surface area (Å²) in [5, 5.41) is 21.3. The maximum Gasteiger partial charge on any atom is 0.407 e. The number of amides is 1. The first kappa shape index (κ1) is 16.4. The standard InChI is InChI=1S/C17H17NO5/c19-15-9-5-4-8-13(15)14(10-16(20)21)18-17(22)23-11-12-6-2-1-3-7-12/h1-9,14,19H,10-11H2,(H,18,22)(H,20,21). The number of ether oxygens (including phenoxy) is 1. The van der Waals surface area contributed by atoms with Gasteiger partial charge in [0.2, 0.25) is 0 Å². The number of rotatable bonds is 6. The van der Waals surface area contributed by atoms with Gasteiger partial charge in [-0.15, -0.1) is 0 Å². The van der Waals surface area contributed by atoms with Crippen LogP contribution in [0.3, 0.4) is 0 Å². The van der Waals surface area contributed by atoms with Gasteiger partial charge in [-0.1, -0.05) is 48.5 Å². The van der Waals surface area contributed by atoms with Crippen LogP contribution in [-0.2, 0) is 16.1 Å². The first-order chi connectivity index (χ1) is 11.1. The molecule has 0 radical (unpaired) electrons. The number of benzene rings is 2. The van der Waals surface area contributed by atoms with Gasteiger partial charge in [0.15, 0.2) is 0 Å². The van der Waals surface area contributed by atoms with Crippen LogP contribution in [0.25, 0.3) is 0 Å². The molecule has 0 heterocycles. The summed E-state index contributed by atoms with van der Waals surface area (Å²) in [6, 6.07) is 14.5. The van der Waals surface area contributed by atoms with Gasteiger partial charge in [-0.2, -0.15) is 0 Å². The van der Waals surface area contributed by atoms with E-state index in [9.17, 15) is 14.7 Å². The van der Waals surface area contributed by atoms with Crippen molar-refractivity contribution in [1.82, 2.24) is 5.32 Å². The van der Waals surface area contributed by atoms with Crippen molar-refractivity contribution in [2.75, 3.05) is 0 Å². The van der Waals surface area contributed by atoms with Gasteiger partial charge in [0.05, 0.1) is 12.5 Å². The Balaban J connectivity index is 2.01. The number of alkyl carbamates (subject to hydrolysis) is 1. The third-order valence-corrected chi connectivity index (χ3v) is 3.20. The van der Waals surface area contributed by atoms with Crippen molar-refractivity contribution in [3.8, 4) is 5.75 Å². The van der Waals surface area contributed by atoms with Crippen LogP contribution < -0.4 is 5.32 Å². The number of phenols is 1. The van der Waals surface area contributed by atoms with Crippen molar-refractivity contribution in [1.29, 1.82) is 0 Å². The van der Waals surface area contributed by atoms with Crippen LogP contribution in [0, 0.1) is 0 Å². The van der Waals surface area contributed by atoms with Crippen molar-refractivity contribution >= 4 is 12.1 Å². The number of hydrogen-bond donors (Lipinski definition) is 3. The van der Waals surface area contributed by atoms with Crippen molar-refractivity contribution in [3.63, 3.8) is 0 Å². The monoisotopic (exact) mass is 315 g/mol. The van der Waals surface area contributed by atoms with E-state index in [-0.39, 0.29) is 18.8 Å². The Morgan fingerprint density at radius 1 is 1.04 bits per heavy atom. The number of nitrogens with one attached hydrogen (secondary N) is 1. The highest BCUT2D eigenvalue weighted by Crippen LogP contribution is 2.26. The zero-order chi connectivity index (χ0) is 16.7. The van der Waals surface area contributed by atoms with Crippen LogP contribution in [0.4, 0.5) is 4.79 Å². The van der Waals surface area contributed by atoms with Crippen LogP contribution in [0.15, 0.2) is 54.6 Å². The highest BCUT2D eigenvalue weighted by Gasteiger charge is 2.21. The highest BCUT2D eigenvalue weighted by molar-refractivity contribution is 5.72. The molecule has 120 valence electrons. The second-order valence-electron chi connectivity index (χ2n) is 4.92. The summed E-state index contributed by atoms with van der Waals surface area (Å²) >= 11 is 0. The first-order valence-corrected chi connectivity index (χ1v) is 7.03. The molecular weight excluding hydrogens is 298 g/mol. The Labute approximate surface area is 133 Å². The van der Waals surface area contributed by atoms with Gasteiger partial charge in [0.25, 0.3) is 0 Å². The quantitative estimate of drug-likeness (QED) is 0.762. The molecule has 6 nitrogen and oxygen atoms in total. The predicted octanol–water partition coefficient (Wildman–Crippen LogP) is 2.83. The largest absolute Gasteiger partial charge is 0.508 e. The van der Waals surface area contributed by atoms with Gasteiger partial charge in [0, 0.05) is 5.56 Å². The Hall–Kier alpha value is -3.02. The van der Waals surface area contributed by atoms with Crippen LogP contribution in [0.5, 0.6) is 5.75 Å². The molecule has 23 heavy (non-hydrogen) atoms. The lowest BCUT2D eigenvalue weighted by atomic mass is 10.0. The molecule has 1 unspecified atom stereocenters. The minimum absolute atomic E-state index is 0.0766. The number of carboxylic acid groups (broad SMARTS) is 1. The fraction of sp³-hybridized carbons (Fsp3) is 0.176. The zero-order valence-corrected chi connectivity index (χ0v) is 12.3. The maximum atomic E-state index is 11.9. The lowest BCUT2D eigenvalue weighted by Crippen LogP contribution is -2.30. The maximum absolute atomic E-state index is 11.9. The van der Waals surface area contributed by atoms with Crippen LogP contribution >= 0.6 is 0 Å². The molecule has 0 aliphatic rings. The number of carbonyl (C=O) groups is 2. The normalized spacial score (nSPS) is 11.5. The molecule has 2 aromatic carbocycles. The Bertz CT molecular complexity index is 672. The van der Waals surface area contributed by atoms with Gasteiger partial charge in [-0.05, 0) is 11.6 Å². The molecule has 3 N–H and O–H groups in total. The first-order valence-electron chi connectivity index (χ1n) is 7.03. The molecule has 0 saturated heterocycles. The number of carboxylic acids is 1. The van der Waals surface area contributed by atoms with E-state index in [0.717, 1.165) is 5.56 Å². The smallest absolute Gasteiger partial charge is 0.407 e. The number of para-hydroxylation sites is 1. The van der Waals surface area contributed by atoms with Crippen LogP contribution in [-0.4, -0.2) is 22.3 Å². The van der Waals surface area contributed by atoms with E-state index < -0.39 is 18.1 Å². The van der Waals surface area contributed by atoms with Crippen molar-refractivity contribution in [3.05, 3.63) is 65.7 Å². The summed E-state index contributed by atoms with van der Waals surface area (Å²) in [6.45, 7) is 0.0766. The molecule has 2 aromatic rings. The Kier molecular flexibility index (Phi) is 5.57. The number of carbonyl (C=O) groups excluding carboxylic acids is 1. The van der Waals surface area contributed by atoms with E-state index in [1.807, 2.05) is 30.3 Å². The molecule has 6 heteroatoms. The molecule has 0 spiro atoms. The second-order valence-corrected chi connectivity index (χ2v) is 4.92. The lowest BCUT2D eigenvalue weighted by Gasteiger charge is -2.18. The SMILES string of the molecule is O=C(O)CC(NC(=O)OCc1ccccc1)c1ccccc1O. The van der Waals surface area contributed by atoms with E-state index in [0.29, 0.717) is 5.56 Å². The van der Waals surface area contributed by atoms with Gasteiger partial charge >= 0.3 is 12.1 Å². The van der Waals surface area contributed by atoms with Gasteiger partial charge in [-0.25, -0.2) is 4.79 Å². The third-order valence-electron chi connectivity index (χ3n) is 3.20. The van der Waals surface area contributed by atoms with E-state index >= 15 is 0 Å². The molecule has 0 aliphatic heterocycles. The lowest BCUT2D eigenvalue weighted by molar-refractivity contribution is -0.137. The minimum Gasteiger partial charge on any atom is -0.508 e. The fourth-order valence-corrected chi connectivity index (χ4v) is 2.10. The summed E-state index contributed by atoms with van der Waals surface area (Å²) in [4.78, 5) is 22.9. The third kappa shape index (κ3) is 5.03. The summed E-state index contributed by atoms with van der Waals surface area (Å²) in [5.74, 6) is -1.18. The molecule has 1 amide bonds.